The van der Waals surface area contributed by atoms with Gasteiger partial charge in [-0.15, -0.1) is 0 Å². The maximum atomic E-state index is 12.1. The first-order valence-corrected chi connectivity index (χ1v) is 6.50. The average Bonchev–Trinajstić information content (AvgIpc) is 2.78. The summed E-state index contributed by atoms with van der Waals surface area (Å²) in [4.78, 5) is 22.6. The zero-order valence-electron chi connectivity index (χ0n) is 11.0. The predicted octanol–water partition coefficient (Wildman–Crippen LogP) is -0.473. The van der Waals surface area contributed by atoms with E-state index in [1.54, 1.807) is 0 Å². The molecule has 0 bridgehead atoms. The lowest BCUT2D eigenvalue weighted by molar-refractivity contribution is -0.127. The van der Waals surface area contributed by atoms with Gasteiger partial charge in [0.05, 0.1) is 12.1 Å². The third-order valence-electron chi connectivity index (χ3n) is 3.13. The summed E-state index contributed by atoms with van der Waals surface area (Å²) >= 11 is 0. The highest BCUT2D eigenvalue weighted by molar-refractivity contribution is 5.86. The Hall–Kier alpha value is -1.14. The molecule has 1 heterocycles. The molecule has 0 aromatic carbocycles. The van der Waals surface area contributed by atoms with Crippen LogP contribution in [0.25, 0.3) is 0 Å². The molecule has 6 nitrogen and oxygen atoms in total. The zero-order valence-corrected chi connectivity index (χ0v) is 11.0. The standard InChI is InChI=1S/C12H23N3O3/c1-2-4-12(5-3-6-15-12)11(17)14-7-8-18-9-10(13)16/h15H,2-9H2,1H3,(H2,13,16)(H,14,17). The Labute approximate surface area is 108 Å². The molecule has 18 heavy (non-hydrogen) atoms. The van der Waals surface area contributed by atoms with Crippen LogP contribution < -0.4 is 16.4 Å². The highest BCUT2D eigenvalue weighted by Gasteiger charge is 2.39. The first-order chi connectivity index (χ1) is 8.60. The lowest BCUT2D eigenvalue weighted by atomic mass is 9.91. The Morgan fingerprint density at radius 1 is 1.50 bits per heavy atom. The van der Waals surface area contributed by atoms with Crippen LogP contribution in [0.3, 0.4) is 0 Å². The summed E-state index contributed by atoms with van der Waals surface area (Å²) in [5.41, 5.74) is 4.53. The molecule has 0 aromatic heterocycles. The number of primary amides is 1. The van der Waals surface area contributed by atoms with Gasteiger partial charge in [-0.05, 0) is 25.8 Å². The monoisotopic (exact) mass is 257 g/mol. The number of amides is 2. The van der Waals surface area contributed by atoms with Crippen molar-refractivity contribution < 1.29 is 14.3 Å². The number of hydrogen-bond acceptors (Lipinski definition) is 4. The van der Waals surface area contributed by atoms with Crippen molar-refractivity contribution in [2.24, 2.45) is 5.73 Å². The van der Waals surface area contributed by atoms with E-state index in [4.69, 9.17) is 10.5 Å². The quantitative estimate of drug-likeness (QED) is 0.512. The fourth-order valence-electron chi connectivity index (χ4n) is 2.33. The lowest BCUT2D eigenvalue weighted by Crippen LogP contribution is -2.54. The summed E-state index contributed by atoms with van der Waals surface area (Å²) in [6.45, 7) is 3.57. The van der Waals surface area contributed by atoms with E-state index in [1.165, 1.54) is 0 Å². The second-order valence-corrected chi connectivity index (χ2v) is 4.64. The molecule has 6 heteroatoms. The van der Waals surface area contributed by atoms with Crippen LogP contribution in [0.1, 0.15) is 32.6 Å². The first-order valence-electron chi connectivity index (χ1n) is 6.50. The van der Waals surface area contributed by atoms with Gasteiger partial charge in [-0.25, -0.2) is 0 Å². The smallest absolute Gasteiger partial charge is 0.243 e. The van der Waals surface area contributed by atoms with Gasteiger partial charge in [0.2, 0.25) is 11.8 Å². The van der Waals surface area contributed by atoms with E-state index in [0.717, 1.165) is 32.2 Å². The molecule has 1 aliphatic heterocycles. The molecule has 4 N–H and O–H groups in total. The third-order valence-corrected chi connectivity index (χ3v) is 3.13. The van der Waals surface area contributed by atoms with Gasteiger partial charge in [0.15, 0.2) is 0 Å². The predicted molar refractivity (Wildman–Crippen MR) is 67.9 cm³/mol. The molecule has 1 aliphatic rings. The molecule has 2 amide bonds. The molecule has 1 atom stereocenters. The fraction of sp³-hybridized carbons (Fsp3) is 0.833. The van der Waals surface area contributed by atoms with Gasteiger partial charge in [-0.3, -0.25) is 9.59 Å². The molecule has 0 aliphatic carbocycles. The van der Waals surface area contributed by atoms with Crippen LogP contribution in [0.15, 0.2) is 0 Å². The topological polar surface area (TPSA) is 93.4 Å². The first kappa shape index (κ1) is 14.9. The van der Waals surface area contributed by atoms with Gasteiger partial charge in [0, 0.05) is 6.54 Å². The summed E-state index contributed by atoms with van der Waals surface area (Å²) < 4.78 is 4.99. The van der Waals surface area contributed by atoms with E-state index in [0.29, 0.717) is 13.2 Å². The van der Waals surface area contributed by atoms with Gasteiger partial charge in [0.1, 0.15) is 6.61 Å². The average molecular weight is 257 g/mol. The highest BCUT2D eigenvalue weighted by atomic mass is 16.5. The van der Waals surface area contributed by atoms with Crippen LogP contribution in [-0.2, 0) is 14.3 Å². The number of hydrogen-bond donors (Lipinski definition) is 3. The molecule has 104 valence electrons. The second kappa shape index (κ2) is 7.33. The number of ether oxygens (including phenoxy) is 1. The number of carbonyl (C=O) groups excluding carboxylic acids is 2. The van der Waals surface area contributed by atoms with Crippen LogP contribution in [-0.4, -0.2) is 43.7 Å². The number of nitrogens with two attached hydrogens (primary N) is 1. The van der Waals surface area contributed by atoms with Crippen LogP contribution in [0, 0.1) is 0 Å². The molecular formula is C12H23N3O3. The number of nitrogens with one attached hydrogen (secondary N) is 2. The SMILES string of the molecule is CCCC1(C(=O)NCCOCC(N)=O)CCCN1. The molecule has 1 rings (SSSR count). The van der Waals surface area contributed by atoms with Gasteiger partial charge in [-0.1, -0.05) is 13.3 Å². The van der Waals surface area contributed by atoms with Crippen molar-refractivity contribution in [3.63, 3.8) is 0 Å². The Morgan fingerprint density at radius 2 is 2.28 bits per heavy atom. The van der Waals surface area contributed by atoms with Crippen molar-refractivity contribution in [3.8, 4) is 0 Å². The van der Waals surface area contributed by atoms with E-state index < -0.39 is 11.4 Å². The second-order valence-electron chi connectivity index (χ2n) is 4.64. The van der Waals surface area contributed by atoms with E-state index in [2.05, 4.69) is 17.6 Å². The van der Waals surface area contributed by atoms with Crippen molar-refractivity contribution >= 4 is 11.8 Å². The molecule has 0 aromatic rings. The van der Waals surface area contributed by atoms with E-state index in [-0.39, 0.29) is 12.5 Å². The highest BCUT2D eigenvalue weighted by Crippen LogP contribution is 2.24. The summed E-state index contributed by atoms with van der Waals surface area (Å²) in [7, 11) is 0. The fourth-order valence-corrected chi connectivity index (χ4v) is 2.33. The summed E-state index contributed by atoms with van der Waals surface area (Å²) in [5.74, 6) is -0.467. The van der Waals surface area contributed by atoms with Crippen LogP contribution >= 0.6 is 0 Å². The van der Waals surface area contributed by atoms with Crippen molar-refractivity contribution in [1.29, 1.82) is 0 Å². The Morgan fingerprint density at radius 3 is 2.83 bits per heavy atom. The zero-order chi connectivity index (χ0) is 13.4. The van der Waals surface area contributed by atoms with Crippen molar-refractivity contribution in [2.75, 3.05) is 26.3 Å². The minimum Gasteiger partial charge on any atom is -0.370 e. The largest absolute Gasteiger partial charge is 0.370 e. The Balaban J connectivity index is 2.27. The van der Waals surface area contributed by atoms with Crippen molar-refractivity contribution in [2.45, 2.75) is 38.1 Å². The normalized spacial score (nSPS) is 22.9. The van der Waals surface area contributed by atoms with Crippen molar-refractivity contribution in [3.05, 3.63) is 0 Å². The summed E-state index contributed by atoms with van der Waals surface area (Å²) in [5, 5.41) is 6.15. The molecule has 0 spiro atoms. The Kier molecular flexibility index (Phi) is 6.07. The van der Waals surface area contributed by atoms with E-state index in [1.807, 2.05) is 0 Å². The minimum atomic E-state index is -0.499. The minimum absolute atomic E-state index is 0.0320. The maximum Gasteiger partial charge on any atom is 0.243 e. The molecule has 0 saturated carbocycles. The molecule has 1 fully saturated rings. The van der Waals surface area contributed by atoms with Gasteiger partial charge in [-0.2, -0.15) is 0 Å². The van der Waals surface area contributed by atoms with Crippen LogP contribution in [0.4, 0.5) is 0 Å². The van der Waals surface area contributed by atoms with Crippen molar-refractivity contribution in [1.82, 2.24) is 10.6 Å². The summed E-state index contributed by atoms with van der Waals surface area (Å²) in [6.07, 6.45) is 3.74. The van der Waals surface area contributed by atoms with Gasteiger partial charge in [0.25, 0.3) is 0 Å². The Bertz CT molecular complexity index is 288. The number of carbonyl (C=O) groups is 2. The van der Waals surface area contributed by atoms with E-state index in [9.17, 15) is 9.59 Å². The maximum absolute atomic E-state index is 12.1. The third kappa shape index (κ3) is 4.27. The summed E-state index contributed by atoms with van der Waals surface area (Å²) in [6, 6.07) is 0. The molecule has 0 radical (unpaired) electrons. The number of rotatable bonds is 8. The molecular weight excluding hydrogens is 234 g/mol. The van der Waals surface area contributed by atoms with E-state index >= 15 is 0 Å². The van der Waals surface area contributed by atoms with Gasteiger partial charge >= 0.3 is 0 Å². The molecule has 1 unspecified atom stereocenters. The molecule has 1 saturated heterocycles. The van der Waals surface area contributed by atoms with Crippen LogP contribution in [0.2, 0.25) is 0 Å². The van der Waals surface area contributed by atoms with Gasteiger partial charge < -0.3 is 21.1 Å². The lowest BCUT2D eigenvalue weighted by Gasteiger charge is -2.27. The van der Waals surface area contributed by atoms with Crippen LogP contribution in [0.5, 0.6) is 0 Å².